The molecule has 1 saturated heterocycles. The van der Waals surface area contributed by atoms with Crippen molar-refractivity contribution in [3.05, 3.63) is 48.4 Å². The minimum absolute atomic E-state index is 0.148. The molecule has 1 aromatic carbocycles. The van der Waals surface area contributed by atoms with Gasteiger partial charge in [-0.1, -0.05) is 12.1 Å². The lowest BCUT2D eigenvalue weighted by atomic mass is 9.96. The molecule has 0 bridgehead atoms. The minimum atomic E-state index is 0.148. The molecule has 6 heteroatoms. The number of rotatable bonds is 3. The van der Waals surface area contributed by atoms with E-state index in [0.717, 1.165) is 54.3 Å². The van der Waals surface area contributed by atoms with Crippen LogP contribution in [0.25, 0.3) is 16.8 Å². The van der Waals surface area contributed by atoms with Crippen LogP contribution in [0.4, 0.5) is 0 Å². The third-order valence-corrected chi connectivity index (χ3v) is 5.06. The third kappa shape index (κ3) is 3.14. The molecule has 1 aliphatic heterocycles. The van der Waals surface area contributed by atoms with Gasteiger partial charge in [0.2, 0.25) is 5.91 Å². The van der Waals surface area contributed by atoms with E-state index in [1.807, 2.05) is 39.9 Å². The predicted octanol–water partition coefficient (Wildman–Crippen LogP) is 3.13. The molecule has 6 nitrogen and oxygen atoms in total. The molecule has 1 aliphatic rings. The number of ether oxygens (including phenoxy) is 1. The average Bonchev–Trinajstić information content (AvgIpc) is 3.11. The van der Waals surface area contributed by atoms with Crippen LogP contribution in [0.2, 0.25) is 0 Å². The van der Waals surface area contributed by atoms with Crippen LogP contribution in [-0.2, 0) is 4.79 Å². The summed E-state index contributed by atoms with van der Waals surface area (Å²) in [6.45, 7) is 3.19. The Morgan fingerprint density at radius 2 is 1.96 bits per heavy atom. The van der Waals surface area contributed by atoms with Gasteiger partial charge in [0.25, 0.3) is 0 Å². The van der Waals surface area contributed by atoms with Crippen molar-refractivity contribution in [1.82, 2.24) is 19.5 Å². The summed E-state index contributed by atoms with van der Waals surface area (Å²) >= 11 is 0. The highest BCUT2D eigenvalue weighted by Crippen LogP contribution is 2.28. The number of aromatic nitrogens is 3. The number of carbonyl (C=O) groups is 1. The summed E-state index contributed by atoms with van der Waals surface area (Å²) in [5.41, 5.74) is 3.00. The van der Waals surface area contributed by atoms with Gasteiger partial charge in [-0.2, -0.15) is 5.10 Å². The molecule has 2 aromatic heterocycles. The van der Waals surface area contributed by atoms with E-state index in [0.29, 0.717) is 5.92 Å². The maximum atomic E-state index is 11.5. The number of likely N-dealkylation sites (tertiary alicyclic amines) is 1. The Hall–Kier alpha value is -2.89. The van der Waals surface area contributed by atoms with Crippen LogP contribution >= 0.6 is 0 Å². The highest BCUT2D eigenvalue weighted by molar-refractivity contribution is 5.73. The highest BCUT2D eigenvalue weighted by Gasteiger charge is 2.25. The largest absolute Gasteiger partial charge is 0.497 e. The lowest BCUT2D eigenvalue weighted by Crippen LogP contribution is -2.36. The van der Waals surface area contributed by atoms with E-state index in [1.54, 1.807) is 14.0 Å². The molecule has 0 saturated carbocycles. The van der Waals surface area contributed by atoms with E-state index in [2.05, 4.69) is 12.1 Å². The van der Waals surface area contributed by atoms with Crippen molar-refractivity contribution in [2.75, 3.05) is 20.2 Å². The van der Waals surface area contributed by atoms with Crippen LogP contribution < -0.4 is 4.74 Å². The number of pyridine rings is 1. The van der Waals surface area contributed by atoms with Gasteiger partial charge in [-0.05, 0) is 42.7 Å². The number of nitrogens with zero attached hydrogens (tertiary/aromatic N) is 4. The first-order chi connectivity index (χ1) is 12.6. The molecular weight excluding hydrogens is 328 g/mol. The van der Waals surface area contributed by atoms with Gasteiger partial charge >= 0.3 is 0 Å². The monoisotopic (exact) mass is 350 g/mol. The van der Waals surface area contributed by atoms with Crippen LogP contribution in [0.1, 0.15) is 31.5 Å². The standard InChI is InChI=1S/C20H22N4O2/c1-14(25)23-10-8-15(9-11-23)20-21-19-7-6-17(13-24(19)22-20)16-4-3-5-18(12-16)26-2/h3-7,12-13,15H,8-11H2,1-2H3. The predicted molar refractivity (Wildman–Crippen MR) is 99.2 cm³/mol. The number of fused-ring (bicyclic) bond motifs is 1. The number of hydrogen-bond donors (Lipinski definition) is 0. The Bertz CT molecular complexity index is 942. The van der Waals surface area contributed by atoms with Gasteiger partial charge in [0.1, 0.15) is 5.75 Å². The van der Waals surface area contributed by atoms with Crippen molar-refractivity contribution in [3.63, 3.8) is 0 Å². The Morgan fingerprint density at radius 1 is 1.15 bits per heavy atom. The first kappa shape index (κ1) is 16.6. The summed E-state index contributed by atoms with van der Waals surface area (Å²) in [5, 5.41) is 4.71. The highest BCUT2D eigenvalue weighted by atomic mass is 16.5. The summed E-state index contributed by atoms with van der Waals surface area (Å²) in [6, 6.07) is 12.0. The van der Waals surface area contributed by atoms with Gasteiger partial charge in [-0.25, -0.2) is 9.50 Å². The fraction of sp³-hybridized carbons (Fsp3) is 0.350. The van der Waals surface area contributed by atoms with Gasteiger partial charge in [-0.15, -0.1) is 0 Å². The van der Waals surface area contributed by atoms with Crippen LogP contribution in [0.5, 0.6) is 5.75 Å². The molecule has 3 heterocycles. The maximum absolute atomic E-state index is 11.5. The lowest BCUT2D eigenvalue weighted by molar-refractivity contribution is -0.129. The van der Waals surface area contributed by atoms with E-state index in [-0.39, 0.29) is 5.91 Å². The summed E-state index contributed by atoms with van der Waals surface area (Å²) in [5.74, 6) is 2.16. The topological polar surface area (TPSA) is 59.7 Å². The molecule has 0 aliphatic carbocycles. The molecule has 4 rings (SSSR count). The van der Waals surface area contributed by atoms with Gasteiger partial charge in [-0.3, -0.25) is 4.79 Å². The number of amides is 1. The van der Waals surface area contributed by atoms with Crippen molar-refractivity contribution in [2.24, 2.45) is 0 Å². The zero-order valence-electron chi connectivity index (χ0n) is 15.1. The second-order valence-electron chi connectivity index (χ2n) is 6.70. The molecule has 0 atom stereocenters. The van der Waals surface area contributed by atoms with E-state index in [4.69, 9.17) is 14.8 Å². The van der Waals surface area contributed by atoms with Crippen LogP contribution in [0, 0.1) is 0 Å². The molecule has 0 radical (unpaired) electrons. The second-order valence-corrected chi connectivity index (χ2v) is 6.70. The summed E-state index contributed by atoms with van der Waals surface area (Å²) in [6.07, 6.45) is 3.84. The van der Waals surface area contributed by atoms with Crippen LogP contribution in [-0.4, -0.2) is 45.6 Å². The zero-order chi connectivity index (χ0) is 18.1. The minimum Gasteiger partial charge on any atom is -0.497 e. The Kier molecular flexibility index (Phi) is 4.32. The summed E-state index contributed by atoms with van der Waals surface area (Å²) < 4.78 is 7.16. The molecule has 1 fully saturated rings. The molecular formula is C20H22N4O2. The first-order valence-corrected chi connectivity index (χ1v) is 8.90. The number of piperidine rings is 1. The fourth-order valence-corrected chi connectivity index (χ4v) is 3.50. The van der Waals surface area contributed by atoms with Gasteiger partial charge in [0, 0.05) is 37.7 Å². The van der Waals surface area contributed by atoms with E-state index >= 15 is 0 Å². The normalized spacial score (nSPS) is 15.4. The molecule has 0 spiro atoms. The molecule has 134 valence electrons. The van der Waals surface area contributed by atoms with Crippen molar-refractivity contribution in [2.45, 2.75) is 25.7 Å². The van der Waals surface area contributed by atoms with Crippen molar-refractivity contribution in [3.8, 4) is 16.9 Å². The average molecular weight is 350 g/mol. The Morgan fingerprint density at radius 3 is 2.69 bits per heavy atom. The maximum Gasteiger partial charge on any atom is 0.219 e. The first-order valence-electron chi connectivity index (χ1n) is 8.90. The van der Waals surface area contributed by atoms with E-state index in [9.17, 15) is 4.79 Å². The number of carbonyl (C=O) groups excluding carboxylic acids is 1. The van der Waals surface area contributed by atoms with Gasteiger partial charge in [0.05, 0.1) is 7.11 Å². The van der Waals surface area contributed by atoms with Crippen LogP contribution in [0.3, 0.4) is 0 Å². The zero-order valence-corrected chi connectivity index (χ0v) is 15.1. The van der Waals surface area contributed by atoms with Crippen LogP contribution in [0.15, 0.2) is 42.6 Å². The molecule has 1 amide bonds. The van der Waals surface area contributed by atoms with Crippen molar-refractivity contribution in [1.29, 1.82) is 0 Å². The second kappa shape index (κ2) is 6.78. The SMILES string of the molecule is COc1cccc(-c2ccc3nc(C4CCN(C(C)=O)CC4)nn3c2)c1. The van der Waals surface area contributed by atoms with Crippen molar-refractivity contribution >= 4 is 11.6 Å². The van der Waals surface area contributed by atoms with E-state index < -0.39 is 0 Å². The molecule has 0 unspecified atom stereocenters. The summed E-state index contributed by atoms with van der Waals surface area (Å²) in [4.78, 5) is 18.1. The quantitative estimate of drug-likeness (QED) is 0.728. The third-order valence-electron chi connectivity index (χ3n) is 5.06. The molecule has 26 heavy (non-hydrogen) atoms. The number of methoxy groups -OCH3 is 1. The Labute approximate surface area is 152 Å². The van der Waals surface area contributed by atoms with Gasteiger partial charge in [0.15, 0.2) is 11.5 Å². The van der Waals surface area contributed by atoms with Gasteiger partial charge < -0.3 is 9.64 Å². The number of benzene rings is 1. The smallest absolute Gasteiger partial charge is 0.219 e. The Balaban J connectivity index is 1.59. The molecule has 0 N–H and O–H groups in total. The summed E-state index contributed by atoms with van der Waals surface area (Å²) in [7, 11) is 1.67. The van der Waals surface area contributed by atoms with Crippen molar-refractivity contribution < 1.29 is 9.53 Å². The molecule has 3 aromatic rings. The van der Waals surface area contributed by atoms with E-state index in [1.165, 1.54) is 0 Å². The number of hydrogen-bond acceptors (Lipinski definition) is 4. The fourth-order valence-electron chi connectivity index (χ4n) is 3.50. The lowest BCUT2D eigenvalue weighted by Gasteiger charge is -2.29.